The zero-order valence-corrected chi connectivity index (χ0v) is 21.6. The quantitative estimate of drug-likeness (QED) is 0.368. The van der Waals surface area contributed by atoms with E-state index in [1.807, 2.05) is 36.4 Å². The van der Waals surface area contributed by atoms with Gasteiger partial charge in [-0.1, -0.05) is 60.7 Å². The molecule has 4 aromatic rings. The van der Waals surface area contributed by atoms with Crippen LogP contribution < -0.4 is 0 Å². The van der Waals surface area contributed by atoms with Crippen LogP contribution in [0.1, 0.15) is 48.1 Å². The number of aromatic nitrogens is 1. The van der Waals surface area contributed by atoms with Crippen molar-refractivity contribution in [3.8, 4) is 0 Å². The number of amides is 1. The largest absolute Gasteiger partial charge is 0.356 e. The zero-order chi connectivity index (χ0) is 25.6. The first-order valence-corrected chi connectivity index (χ1v) is 13.3. The van der Waals surface area contributed by atoms with Crippen molar-refractivity contribution in [2.45, 2.75) is 49.6 Å². The number of H-pyrrole nitrogens is 1. The molecule has 0 radical (unpaired) electrons. The molecule has 1 saturated carbocycles. The van der Waals surface area contributed by atoms with Crippen LogP contribution in [0.4, 0.5) is 4.39 Å². The molecule has 1 amide bonds. The molecule has 190 valence electrons. The van der Waals surface area contributed by atoms with E-state index in [-0.39, 0.29) is 17.3 Å². The first-order chi connectivity index (χ1) is 17.9. The number of nitrogens with zero attached hydrogens (tertiary/aromatic N) is 2. The monoisotopic (exact) mass is 495 g/mol. The Morgan fingerprint density at radius 3 is 2.41 bits per heavy atom. The number of carbonyl (C=O) groups excluding carboxylic acids is 1. The van der Waals surface area contributed by atoms with Gasteiger partial charge < -0.3 is 9.88 Å². The van der Waals surface area contributed by atoms with E-state index < -0.39 is 5.54 Å². The summed E-state index contributed by atoms with van der Waals surface area (Å²) in [6.07, 6.45) is 4.58. The highest BCUT2D eigenvalue weighted by Gasteiger charge is 2.52. The number of benzene rings is 3. The summed E-state index contributed by atoms with van der Waals surface area (Å²) in [7, 11) is 4.19. The van der Waals surface area contributed by atoms with E-state index in [9.17, 15) is 9.18 Å². The lowest BCUT2D eigenvalue weighted by atomic mass is 9.65. The van der Waals surface area contributed by atoms with E-state index >= 15 is 0 Å². The summed E-state index contributed by atoms with van der Waals surface area (Å²) in [4.78, 5) is 22.1. The fourth-order valence-electron chi connectivity index (χ4n) is 7.03. The molecule has 4 nitrogen and oxygen atoms in total. The standard InChI is InChI=1S/C32H34FN3O/c1-35(2)31(24-11-8-12-25(33)22-24)16-18-32(19-17-31)30-27(26-13-6-7-14-28(26)34-30)15-20-36(32)29(37)21-23-9-4-3-5-10-23/h3-14,22,34H,15-21H2,1-2H3/t31-,32+. The van der Waals surface area contributed by atoms with Gasteiger partial charge in [-0.25, -0.2) is 4.39 Å². The van der Waals surface area contributed by atoms with Crippen LogP contribution in [0.25, 0.3) is 10.9 Å². The van der Waals surface area contributed by atoms with Crippen LogP contribution in [-0.2, 0) is 28.7 Å². The highest BCUT2D eigenvalue weighted by atomic mass is 19.1. The molecule has 2 aliphatic rings. The maximum absolute atomic E-state index is 14.3. The number of nitrogens with one attached hydrogen (secondary N) is 1. The Hall–Kier alpha value is -3.44. The summed E-state index contributed by atoms with van der Waals surface area (Å²) in [6, 6.07) is 25.6. The minimum Gasteiger partial charge on any atom is -0.356 e. The summed E-state index contributed by atoms with van der Waals surface area (Å²) in [6.45, 7) is 0.718. The molecule has 1 aromatic heterocycles. The van der Waals surface area contributed by atoms with Gasteiger partial charge in [0, 0.05) is 28.7 Å². The maximum atomic E-state index is 14.3. The van der Waals surface area contributed by atoms with Gasteiger partial charge in [-0.2, -0.15) is 0 Å². The highest BCUT2D eigenvalue weighted by molar-refractivity contribution is 5.87. The third kappa shape index (κ3) is 3.88. The third-order valence-corrected chi connectivity index (χ3v) is 9.00. The lowest BCUT2D eigenvalue weighted by Gasteiger charge is -2.55. The van der Waals surface area contributed by atoms with Gasteiger partial charge in [0.05, 0.1) is 12.0 Å². The van der Waals surface area contributed by atoms with E-state index in [1.165, 1.54) is 22.7 Å². The molecular weight excluding hydrogens is 461 g/mol. The van der Waals surface area contributed by atoms with Gasteiger partial charge in [-0.15, -0.1) is 0 Å². The number of carbonyl (C=O) groups is 1. The fraction of sp³-hybridized carbons (Fsp3) is 0.344. The van der Waals surface area contributed by atoms with Crippen molar-refractivity contribution in [1.82, 2.24) is 14.8 Å². The van der Waals surface area contributed by atoms with Crippen molar-refractivity contribution < 1.29 is 9.18 Å². The predicted molar refractivity (Wildman–Crippen MR) is 146 cm³/mol. The lowest BCUT2D eigenvalue weighted by Crippen LogP contribution is -2.58. The fourth-order valence-corrected chi connectivity index (χ4v) is 7.03. The second-order valence-electron chi connectivity index (χ2n) is 10.9. The number of aromatic amines is 1. The molecule has 0 saturated heterocycles. The van der Waals surface area contributed by atoms with E-state index in [4.69, 9.17) is 0 Å². The van der Waals surface area contributed by atoms with Crippen LogP contribution in [-0.4, -0.2) is 41.3 Å². The first-order valence-electron chi connectivity index (χ1n) is 13.3. The average molecular weight is 496 g/mol. The van der Waals surface area contributed by atoms with Crippen molar-refractivity contribution in [3.63, 3.8) is 0 Å². The normalized spacial score (nSPS) is 23.5. The molecule has 37 heavy (non-hydrogen) atoms. The van der Waals surface area contributed by atoms with Crippen molar-refractivity contribution >= 4 is 16.8 Å². The Labute approximate surface area is 218 Å². The van der Waals surface area contributed by atoms with Crippen molar-refractivity contribution in [1.29, 1.82) is 0 Å². The summed E-state index contributed by atoms with van der Waals surface area (Å²) in [5.41, 5.74) is 5.08. The van der Waals surface area contributed by atoms with Crippen LogP contribution >= 0.6 is 0 Å². The van der Waals surface area contributed by atoms with Gasteiger partial charge in [0.25, 0.3) is 0 Å². The van der Waals surface area contributed by atoms with Crippen LogP contribution in [0, 0.1) is 5.82 Å². The van der Waals surface area contributed by atoms with E-state index in [0.717, 1.165) is 55.3 Å². The Morgan fingerprint density at radius 1 is 0.946 bits per heavy atom. The van der Waals surface area contributed by atoms with Crippen LogP contribution in [0.5, 0.6) is 0 Å². The smallest absolute Gasteiger partial charge is 0.227 e. The van der Waals surface area contributed by atoms with Crippen LogP contribution in [0.15, 0.2) is 78.9 Å². The molecule has 5 heteroatoms. The molecule has 3 aromatic carbocycles. The summed E-state index contributed by atoms with van der Waals surface area (Å²) in [5, 5.41) is 1.27. The van der Waals surface area contributed by atoms with Gasteiger partial charge in [0.15, 0.2) is 0 Å². The number of rotatable bonds is 4. The van der Waals surface area contributed by atoms with Crippen molar-refractivity contribution in [3.05, 3.63) is 107 Å². The molecule has 2 heterocycles. The molecule has 0 bridgehead atoms. The topological polar surface area (TPSA) is 39.3 Å². The number of fused-ring (bicyclic) bond motifs is 4. The van der Waals surface area contributed by atoms with Gasteiger partial charge in [-0.05, 0) is 81.1 Å². The van der Waals surface area contributed by atoms with Gasteiger partial charge in [0.1, 0.15) is 5.82 Å². The molecule has 0 atom stereocenters. The van der Waals surface area contributed by atoms with Gasteiger partial charge >= 0.3 is 0 Å². The SMILES string of the molecule is CN(C)[C@]1(c2cccc(F)c2)CC[C@]2(CC1)c1[nH]c3ccccc3c1CCN2C(=O)Cc1ccccc1. The number of para-hydroxylation sites is 1. The van der Waals surface area contributed by atoms with Crippen LogP contribution in [0.2, 0.25) is 0 Å². The average Bonchev–Trinajstić information content (AvgIpc) is 3.30. The second kappa shape index (κ2) is 9.14. The Bertz CT molecular complexity index is 1430. The van der Waals surface area contributed by atoms with Crippen LogP contribution in [0.3, 0.4) is 0 Å². The molecule has 1 fully saturated rings. The Kier molecular flexibility index (Phi) is 5.91. The molecular formula is C32H34FN3O. The molecule has 1 aliphatic heterocycles. The van der Waals surface area contributed by atoms with E-state index in [2.05, 4.69) is 59.2 Å². The molecule has 1 aliphatic carbocycles. The number of hydrogen-bond acceptors (Lipinski definition) is 2. The van der Waals surface area contributed by atoms with Gasteiger partial charge in [-0.3, -0.25) is 9.69 Å². The predicted octanol–water partition coefficient (Wildman–Crippen LogP) is 6.16. The lowest BCUT2D eigenvalue weighted by molar-refractivity contribution is -0.142. The summed E-state index contributed by atoms with van der Waals surface area (Å²) in [5.74, 6) is -0.0205. The number of halogens is 1. The number of hydrogen-bond donors (Lipinski definition) is 1. The first kappa shape index (κ1) is 23.9. The third-order valence-electron chi connectivity index (χ3n) is 9.00. The minimum absolute atomic E-state index is 0.179. The zero-order valence-electron chi connectivity index (χ0n) is 21.6. The summed E-state index contributed by atoms with van der Waals surface area (Å²) >= 11 is 0. The molecule has 1 spiro atoms. The molecule has 6 rings (SSSR count). The summed E-state index contributed by atoms with van der Waals surface area (Å²) < 4.78 is 14.3. The van der Waals surface area contributed by atoms with Crippen molar-refractivity contribution in [2.24, 2.45) is 0 Å². The van der Waals surface area contributed by atoms with E-state index in [0.29, 0.717) is 6.42 Å². The van der Waals surface area contributed by atoms with Crippen molar-refractivity contribution in [2.75, 3.05) is 20.6 Å². The second-order valence-corrected chi connectivity index (χ2v) is 10.9. The van der Waals surface area contributed by atoms with E-state index in [1.54, 1.807) is 6.07 Å². The highest BCUT2D eigenvalue weighted by Crippen LogP contribution is 2.53. The minimum atomic E-state index is -0.398. The molecule has 1 N–H and O–H groups in total. The maximum Gasteiger partial charge on any atom is 0.227 e. The Morgan fingerprint density at radius 2 is 1.68 bits per heavy atom. The van der Waals surface area contributed by atoms with Gasteiger partial charge in [0.2, 0.25) is 5.91 Å². The Balaban J connectivity index is 1.42. The molecule has 0 unspecified atom stereocenters.